The molecule has 0 unspecified atom stereocenters. The van der Waals surface area contributed by atoms with E-state index in [0.717, 1.165) is 18.2 Å². The van der Waals surface area contributed by atoms with Crippen molar-refractivity contribution in [1.29, 1.82) is 0 Å². The van der Waals surface area contributed by atoms with Crippen LogP contribution in [0.15, 0.2) is 18.2 Å². The maximum absolute atomic E-state index is 13.6. The predicted octanol–water partition coefficient (Wildman–Crippen LogP) is 1.73. The number of hydrogen-bond donors (Lipinski definition) is 2. The molecule has 1 heterocycles. The Morgan fingerprint density at radius 2 is 2.05 bits per heavy atom. The lowest BCUT2D eigenvalue weighted by molar-refractivity contribution is 0.101. The number of aromatic nitrogens is 2. The summed E-state index contributed by atoms with van der Waals surface area (Å²) in [5.41, 5.74) is -0.266. The second kappa shape index (κ2) is 5.34. The fourth-order valence-electron chi connectivity index (χ4n) is 1.77. The molecule has 112 valence electrons. The highest BCUT2D eigenvalue weighted by Crippen LogP contribution is 2.22. The fourth-order valence-corrected chi connectivity index (χ4v) is 2.24. The Labute approximate surface area is 118 Å². The van der Waals surface area contributed by atoms with Gasteiger partial charge in [0.1, 0.15) is 28.9 Å². The van der Waals surface area contributed by atoms with E-state index in [9.17, 15) is 22.0 Å². The standard InChI is InChI=1S/C12H10F2N2O4S/c1-6-11(10(17)5-21(18,19)20)16-12(15-6)8-4-7(13)2-3-9(8)14/h2-4H,5H2,1H3,(H,15,16)(H,18,19,20). The number of aryl methyl sites for hydroxylation is 1. The largest absolute Gasteiger partial charge is 0.341 e. The van der Waals surface area contributed by atoms with Crippen molar-refractivity contribution in [3.05, 3.63) is 41.2 Å². The highest BCUT2D eigenvalue weighted by Gasteiger charge is 2.21. The van der Waals surface area contributed by atoms with E-state index in [-0.39, 0.29) is 22.8 Å². The molecule has 0 atom stereocenters. The zero-order chi connectivity index (χ0) is 15.8. The normalized spacial score (nSPS) is 11.6. The molecule has 2 N–H and O–H groups in total. The number of carbonyl (C=O) groups excluding carboxylic acids is 1. The van der Waals surface area contributed by atoms with Gasteiger partial charge in [0, 0.05) is 5.69 Å². The summed E-state index contributed by atoms with van der Waals surface area (Å²) in [5, 5.41) is 0. The lowest BCUT2D eigenvalue weighted by Gasteiger charge is -1.99. The summed E-state index contributed by atoms with van der Waals surface area (Å²) in [7, 11) is -4.50. The van der Waals surface area contributed by atoms with Gasteiger partial charge in [-0.2, -0.15) is 8.42 Å². The third kappa shape index (κ3) is 3.50. The number of carbonyl (C=O) groups is 1. The van der Waals surface area contributed by atoms with E-state index in [0.29, 0.717) is 0 Å². The molecule has 0 aliphatic rings. The van der Waals surface area contributed by atoms with Crippen LogP contribution < -0.4 is 0 Å². The van der Waals surface area contributed by atoms with Gasteiger partial charge in [-0.3, -0.25) is 9.35 Å². The summed E-state index contributed by atoms with van der Waals surface area (Å²) >= 11 is 0. The number of halogens is 2. The number of nitrogens with one attached hydrogen (secondary N) is 1. The van der Waals surface area contributed by atoms with Crippen molar-refractivity contribution in [3.8, 4) is 11.4 Å². The number of hydrogen-bond acceptors (Lipinski definition) is 4. The van der Waals surface area contributed by atoms with E-state index < -0.39 is 33.3 Å². The Hall–Kier alpha value is -2.13. The molecule has 0 fully saturated rings. The van der Waals surface area contributed by atoms with Crippen molar-refractivity contribution in [2.75, 3.05) is 5.75 Å². The molecule has 0 saturated carbocycles. The van der Waals surface area contributed by atoms with Gasteiger partial charge in [-0.15, -0.1) is 0 Å². The maximum Gasteiger partial charge on any atom is 0.272 e. The molecule has 21 heavy (non-hydrogen) atoms. The zero-order valence-corrected chi connectivity index (χ0v) is 11.5. The van der Waals surface area contributed by atoms with Crippen LogP contribution in [0, 0.1) is 18.6 Å². The van der Waals surface area contributed by atoms with Gasteiger partial charge in [0.25, 0.3) is 10.1 Å². The number of H-pyrrole nitrogens is 1. The molecule has 0 aliphatic heterocycles. The molecule has 2 rings (SSSR count). The van der Waals surface area contributed by atoms with Gasteiger partial charge in [0.15, 0.2) is 5.78 Å². The minimum Gasteiger partial charge on any atom is -0.341 e. The van der Waals surface area contributed by atoms with Crippen LogP contribution in [-0.2, 0) is 10.1 Å². The monoisotopic (exact) mass is 316 g/mol. The molecule has 0 bridgehead atoms. The fraction of sp³-hybridized carbons (Fsp3) is 0.167. The SMILES string of the molecule is Cc1[nH]c(-c2cc(F)ccc2F)nc1C(=O)CS(=O)(=O)O. The van der Waals surface area contributed by atoms with Crippen molar-refractivity contribution in [2.24, 2.45) is 0 Å². The Bertz CT molecular complexity index is 815. The van der Waals surface area contributed by atoms with Crippen LogP contribution in [0.3, 0.4) is 0 Å². The van der Waals surface area contributed by atoms with E-state index >= 15 is 0 Å². The smallest absolute Gasteiger partial charge is 0.272 e. The van der Waals surface area contributed by atoms with Crippen LogP contribution >= 0.6 is 0 Å². The first-order valence-corrected chi connectivity index (χ1v) is 7.28. The van der Waals surface area contributed by atoms with Gasteiger partial charge in [-0.05, 0) is 25.1 Å². The minimum atomic E-state index is -4.50. The van der Waals surface area contributed by atoms with Crippen LogP contribution in [0.1, 0.15) is 16.2 Å². The van der Waals surface area contributed by atoms with Gasteiger partial charge in [0.2, 0.25) is 0 Å². The molecular weight excluding hydrogens is 306 g/mol. The number of imidazole rings is 1. The van der Waals surface area contributed by atoms with Gasteiger partial charge in [0.05, 0.1) is 5.56 Å². The van der Waals surface area contributed by atoms with Crippen LogP contribution in [0.4, 0.5) is 8.78 Å². The molecule has 6 nitrogen and oxygen atoms in total. The van der Waals surface area contributed by atoms with Crippen molar-refractivity contribution in [3.63, 3.8) is 0 Å². The third-order valence-electron chi connectivity index (χ3n) is 2.65. The van der Waals surface area contributed by atoms with Crippen molar-refractivity contribution < 1.29 is 26.5 Å². The maximum atomic E-state index is 13.6. The van der Waals surface area contributed by atoms with Crippen molar-refractivity contribution in [1.82, 2.24) is 9.97 Å². The summed E-state index contributed by atoms with van der Waals surface area (Å²) in [6.45, 7) is 1.42. The summed E-state index contributed by atoms with van der Waals surface area (Å²) in [6, 6.07) is 2.73. The van der Waals surface area contributed by atoms with Crippen LogP contribution in [0.25, 0.3) is 11.4 Å². The van der Waals surface area contributed by atoms with E-state index in [1.807, 2.05) is 0 Å². The third-order valence-corrected chi connectivity index (χ3v) is 3.27. The molecule has 1 aromatic carbocycles. The second-order valence-corrected chi connectivity index (χ2v) is 5.79. The van der Waals surface area contributed by atoms with Crippen molar-refractivity contribution in [2.45, 2.75) is 6.92 Å². The van der Waals surface area contributed by atoms with Crippen LogP contribution in [0.2, 0.25) is 0 Å². The average Bonchev–Trinajstić information content (AvgIpc) is 2.72. The van der Waals surface area contributed by atoms with Crippen molar-refractivity contribution >= 4 is 15.9 Å². The molecular formula is C12H10F2N2O4S. The first kappa shape index (κ1) is 15.3. The Morgan fingerprint density at radius 3 is 2.67 bits per heavy atom. The Balaban J connectivity index is 2.44. The lowest BCUT2D eigenvalue weighted by Crippen LogP contribution is -2.16. The quantitative estimate of drug-likeness (QED) is 0.661. The summed E-state index contributed by atoms with van der Waals surface area (Å²) in [4.78, 5) is 18.0. The first-order valence-electron chi connectivity index (χ1n) is 5.68. The Kier molecular flexibility index (Phi) is 3.88. The number of aromatic amines is 1. The number of benzene rings is 1. The number of nitrogens with zero attached hydrogens (tertiary/aromatic N) is 1. The predicted molar refractivity (Wildman–Crippen MR) is 69.4 cm³/mol. The number of rotatable bonds is 4. The average molecular weight is 316 g/mol. The molecule has 2 aromatic rings. The lowest BCUT2D eigenvalue weighted by atomic mass is 10.2. The van der Waals surface area contributed by atoms with Crippen LogP contribution in [0.5, 0.6) is 0 Å². The summed E-state index contributed by atoms with van der Waals surface area (Å²) in [5.74, 6) is -3.63. The van der Waals surface area contributed by atoms with E-state index in [1.165, 1.54) is 6.92 Å². The van der Waals surface area contributed by atoms with E-state index in [4.69, 9.17) is 4.55 Å². The van der Waals surface area contributed by atoms with Crippen LogP contribution in [-0.4, -0.2) is 34.5 Å². The molecule has 0 spiro atoms. The number of Topliss-reactive ketones (excluding diaryl/α,β-unsaturated/α-hetero) is 1. The van der Waals surface area contributed by atoms with E-state index in [2.05, 4.69) is 9.97 Å². The molecule has 0 amide bonds. The van der Waals surface area contributed by atoms with Gasteiger partial charge in [-0.25, -0.2) is 13.8 Å². The molecule has 0 saturated heterocycles. The van der Waals surface area contributed by atoms with Gasteiger partial charge in [-0.1, -0.05) is 0 Å². The molecule has 0 aliphatic carbocycles. The minimum absolute atomic E-state index is 0.108. The highest BCUT2D eigenvalue weighted by atomic mass is 32.2. The Morgan fingerprint density at radius 1 is 1.38 bits per heavy atom. The molecule has 1 aromatic heterocycles. The number of ketones is 1. The van der Waals surface area contributed by atoms with E-state index in [1.54, 1.807) is 0 Å². The highest BCUT2D eigenvalue weighted by molar-refractivity contribution is 7.86. The second-order valence-electron chi connectivity index (χ2n) is 4.33. The zero-order valence-electron chi connectivity index (χ0n) is 10.7. The summed E-state index contributed by atoms with van der Waals surface area (Å²) in [6.07, 6.45) is 0. The topological polar surface area (TPSA) is 100 Å². The summed E-state index contributed by atoms with van der Waals surface area (Å²) < 4.78 is 56.8. The molecule has 0 radical (unpaired) electrons. The van der Waals surface area contributed by atoms with Gasteiger partial charge >= 0.3 is 0 Å². The first-order chi connectivity index (χ1) is 9.67. The van der Waals surface area contributed by atoms with Gasteiger partial charge < -0.3 is 4.98 Å². The molecule has 9 heteroatoms.